The first-order chi connectivity index (χ1) is 13.6. The third kappa shape index (κ3) is 17.5. The van der Waals surface area contributed by atoms with E-state index in [1.807, 2.05) is 0 Å². The molecule has 0 aromatic heterocycles. The fraction of sp³-hybridized carbons (Fsp3) is 0.750. The maximum atomic E-state index is 10.7. The van der Waals surface area contributed by atoms with Gasteiger partial charge in [0.15, 0.2) is 5.92 Å². The van der Waals surface area contributed by atoms with Gasteiger partial charge in [0, 0.05) is 25.7 Å². The highest BCUT2D eigenvalue weighted by Crippen LogP contribution is 2.09. The third-order valence-electron chi connectivity index (χ3n) is 4.66. The number of carboxylic acid groups (broad SMARTS) is 2. The molecule has 0 spiro atoms. The van der Waals surface area contributed by atoms with Gasteiger partial charge in [-0.15, -0.1) is 23.7 Å². The van der Waals surface area contributed by atoms with Crippen LogP contribution in [0, 0.1) is 29.6 Å². The molecule has 0 atom stereocenters. The number of carboxylic acids is 2. The van der Waals surface area contributed by atoms with Crippen molar-refractivity contribution in [2.75, 3.05) is 0 Å². The summed E-state index contributed by atoms with van der Waals surface area (Å²) in [7, 11) is 0. The monoisotopic (exact) mass is 390 g/mol. The van der Waals surface area contributed by atoms with Gasteiger partial charge >= 0.3 is 11.9 Å². The molecule has 0 rings (SSSR count). The first-order valence-electron chi connectivity index (χ1n) is 11.0. The van der Waals surface area contributed by atoms with E-state index >= 15 is 0 Å². The lowest BCUT2D eigenvalue weighted by molar-refractivity contribution is -0.154. The standard InChI is InChI=1S/C24H38O4/c1-2-3-4-5-6-7-8-9-10-11-12-13-14-15-16-17-18-19-20-21-22(23(25)26)24(27)28/h22H,2-9,12-18,21H2,1H3,(H,25,26)(H,27,28). The Morgan fingerprint density at radius 2 is 0.964 bits per heavy atom. The van der Waals surface area contributed by atoms with E-state index in [4.69, 9.17) is 10.2 Å². The Labute approximate surface area is 171 Å². The minimum absolute atomic E-state index is 0.123. The Bertz CT molecular complexity index is 516. The van der Waals surface area contributed by atoms with E-state index in [-0.39, 0.29) is 6.42 Å². The van der Waals surface area contributed by atoms with Crippen LogP contribution in [0.15, 0.2) is 0 Å². The molecule has 28 heavy (non-hydrogen) atoms. The zero-order valence-corrected chi connectivity index (χ0v) is 17.6. The predicted molar refractivity (Wildman–Crippen MR) is 114 cm³/mol. The summed E-state index contributed by atoms with van der Waals surface area (Å²) in [5.41, 5.74) is 0. The van der Waals surface area contributed by atoms with Crippen LogP contribution in [0.2, 0.25) is 0 Å². The van der Waals surface area contributed by atoms with E-state index in [0.717, 1.165) is 38.5 Å². The van der Waals surface area contributed by atoms with Crippen molar-refractivity contribution in [2.45, 2.75) is 110 Å². The average Bonchev–Trinajstić information content (AvgIpc) is 2.65. The van der Waals surface area contributed by atoms with Crippen LogP contribution in [-0.4, -0.2) is 22.2 Å². The van der Waals surface area contributed by atoms with Crippen molar-refractivity contribution in [1.29, 1.82) is 0 Å². The van der Waals surface area contributed by atoms with E-state index in [1.54, 1.807) is 0 Å². The molecule has 0 aromatic rings. The second-order valence-electron chi connectivity index (χ2n) is 7.28. The lowest BCUT2D eigenvalue weighted by Gasteiger charge is -2.00. The average molecular weight is 391 g/mol. The highest BCUT2D eigenvalue weighted by atomic mass is 16.4. The normalized spacial score (nSPS) is 10.1. The molecule has 158 valence electrons. The fourth-order valence-electron chi connectivity index (χ4n) is 2.85. The smallest absolute Gasteiger partial charge is 0.318 e. The highest BCUT2D eigenvalue weighted by Gasteiger charge is 2.24. The zero-order chi connectivity index (χ0) is 20.9. The number of hydrogen-bond acceptors (Lipinski definition) is 2. The molecule has 2 N–H and O–H groups in total. The van der Waals surface area contributed by atoms with Crippen LogP contribution < -0.4 is 0 Å². The summed E-state index contributed by atoms with van der Waals surface area (Å²) in [4.78, 5) is 21.4. The van der Waals surface area contributed by atoms with Crippen LogP contribution >= 0.6 is 0 Å². The molecule has 0 radical (unpaired) electrons. The van der Waals surface area contributed by atoms with Crippen molar-refractivity contribution in [1.82, 2.24) is 0 Å². The lowest BCUT2D eigenvalue weighted by atomic mass is 10.1. The van der Waals surface area contributed by atoms with Gasteiger partial charge in [0.25, 0.3) is 0 Å². The van der Waals surface area contributed by atoms with Gasteiger partial charge in [-0.05, 0) is 19.3 Å². The van der Waals surface area contributed by atoms with Crippen LogP contribution in [0.5, 0.6) is 0 Å². The molecule has 0 saturated carbocycles. The SMILES string of the molecule is CCCCCCCCCC#CCCCCCCCC#CCC(C(=O)O)C(=O)O. The number of carbonyl (C=O) groups is 2. The van der Waals surface area contributed by atoms with Gasteiger partial charge in [-0.25, -0.2) is 0 Å². The molecule has 4 heteroatoms. The Morgan fingerprint density at radius 3 is 1.36 bits per heavy atom. The van der Waals surface area contributed by atoms with Crippen molar-refractivity contribution in [3.63, 3.8) is 0 Å². The molecule has 0 aromatic carbocycles. The van der Waals surface area contributed by atoms with Gasteiger partial charge in [0.2, 0.25) is 0 Å². The summed E-state index contributed by atoms with van der Waals surface area (Å²) < 4.78 is 0. The minimum atomic E-state index is -1.42. The summed E-state index contributed by atoms with van der Waals surface area (Å²) in [5, 5.41) is 17.5. The van der Waals surface area contributed by atoms with Gasteiger partial charge < -0.3 is 10.2 Å². The van der Waals surface area contributed by atoms with E-state index in [0.29, 0.717) is 6.42 Å². The first kappa shape index (κ1) is 26.1. The summed E-state index contributed by atoms with van der Waals surface area (Å²) >= 11 is 0. The predicted octanol–water partition coefficient (Wildman–Crippen LogP) is 6.04. The highest BCUT2D eigenvalue weighted by molar-refractivity contribution is 5.93. The molecule has 0 bridgehead atoms. The molecule has 0 saturated heterocycles. The molecular formula is C24H38O4. The van der Waals surface area contributed by atoms with Crippen LogP contribution in [0.1, 0.15) is 110 Å². The Morgan fingerprint density at radius 1 is 0.607 bits per heavy atom. The quantitative estimate of drug-likeness (QED) is 0.191. The fourth-order valence-corrected chi connectivity index (χ4v) is 2.85. The van der Waals surface area contributed by atoms with E-state index in [1.165, 1.54) is 51.4 Å². The van der Waals surface area contributed by atoms with Crippen LogP contribution in [0.3, 0.4) is 0 Å². The van der Waals surface area contributed by atoms with Gasteiger partial charge in [-0.2, -0.15) is 0 Å². The summed E-state index contributed by atoms with van der Waals surface area (Å²) in [6, 6.07) is 0. The van der Waals surface area contributed by atoms with Crippen molar-refractivity contribution in [3.8, 4) is 23.7 Å². The number of hydrogen-bond donors (Lipinski definition) is 2. The molecule has 0 fully saturated rings. The summed E-state index contributed by atoms with van der Waals surface area (Å²) in [6.07, 6.45) is 17.5. The maximum absolute atomic E-state index is 10.7. The molecule has 0 heterocycles. The second-order valence-corrected chi connectivity index (χ2v) is 7.28. The minimum Gasteiger partial charge on any atom is -0.481 e. The topological polar surface area (TPSA) is 74.6 Å². The Balaban J connectivity index is 3.42. The molecule has 0 unspecified atom stereocenters. The van der Waals surface area contributed by atoms with Crippen molar-refractivity contribution < 1.29 is 19.8 Å². The molecule has 4 nitrogen and oxygen atoms in total. The summed E-state index contributed by atoms with van der Waals surface area (Å²) in [5.74, 6) is 8.04. The number of aliphatic carboxylic acids is 2. The first-order valence-corrected chi connectivity index (χ1v) is 11.0. The molecule has 0 aliphatic carbocycles. The van der Waals surface area contributed by atoms with Crippen LogP contribution in [0.25, 0.3) is 0 Å². The number of unbranched alkanes of at least 4 members (excludes halogenated alkanes) is 13. The van der Waals surface area contributed by atoms with Gasteiger partial charge in [-0.3, -0.25) is 9.59 Å². The van der Waals surface area contributed by atoms with Gasteiger partial charge in [0.1, 0.15) is 0 Å². The maximum Gasteiger partial charge on any atom is 0.318 e. The van der Waals surface area contributed by atoms with Crippen molar-refractivity contribution in [3.05, 3.63) is 0 Å². The largest absolute Gasteiger partial charge is 0.481 e. The summed E-state index contributed by atoms with van der Waals surface area (Å²) in [6.45, 7) is 2.25. The molecule has 0 aliphatic rings. The molecular weight excluding hydrogens is 352 g/mol. The van der Waals surface area contributed by atoms with E-state index in [9.17, 15) is 9.59 Å². The van der Waals surface area contributed by atoms with Gasteiger partial charge in [0.05, 0.1) is 0 Å². The van der Waals surface area contributed by atoms with Crippen molar-refractivity contribution in [2.24, 2.45) is 5.92 Å². The number of rotatable bonds is 16. The van der Waals surface area contributed by atoms with Crippen LogP contribution in [-0.2, 0) is 9.59 Å². The van der Waals surface area contributed by atoms with E-state index in [2.05, 4.69) is 30.6 Å². The Kier molecular flexibility index (Phi) is 18.4. The zero-order valence-electron chi connectivity index (χ0n) is 17.6. The van der Waals surface area contributed by atoms with Crippen LogP contribution in [0.4, 0.5) is 0 Å². The van der Waals surface area contributed by atoms with Gasteiger partial charge in [-0.1, -0.05) is 64.7 Å². The Hall–Kier alpha value is -1.94. The molecule has 0 amide bonds. The molecule has 0 aliphatic heterocycles. The second kappa shape index (κ2) is 19.8. The lowest BCUT2D eigenvalue weighted by Crippen LogP contribution is -2.22. The third-order valence-corrected chi connectivity index (χ3v) is 4.66. The van der Waals surface area contributed by atoms with Crippen molar-refractivity contribution >= 4 is 11.9 Å². The van der Waals surface area contributed by atoms with E-state index < -0.39 is 17.9 Å².